The fourth-order valence-electron chi connectivity index (χ4n) is 3.69. The van der Waals surface area contributed by atoms with Crippen LogP contribution in [0.3, 0.4) is 0 Å². The first-order valence-electron chi connectivity index (χ1n) is 8.64. The van der Waals surface area contributed by atoms with Gasteiger partial charge in [-0.1, -0.05) is 5.16 Å². The molecule has 2 fully saturated rings. The Kier molecular flexibility index (Phi) is 3.81. The number of hydrogen-bond donors (Lipinski definition) is 2. The minimum atomic E-state index is -0.661. The summed E-state index contributed by atoms with van der Waals surface area (Å²) in [6.07, 6.45) is 3.90. The third kappa shape index (κ3) is 2.47. The first kappa shape index (κ1) is 17.1. The van der Waals surface area contributed by atoms with Crippen LogP contribution >= 0.6 is 11.3 Å². The maximum absolute atomic E-state index is 12.3. The van der Waals surface area contributed by atoms with Crippen molar-refractivity contribution in [2.75, 3.05) is 20.2 Å². The minimum Gasteiger partial charge on any atom is -0.466 e. The van der Waals surface area contributed by atoms with Gasteiger partial charge in [0, 0.05) is 23.3 Å². The first-order chi connectivity index (χ1) is 13.6. The van der Waals surface area contributed by atoms with Gasteiger partial charge in [0.05, 0.1) is 37.9 Å². The molecule has 2 atom stereocenters. The number of ether oxygens (including phenoxy) is 1. The van der Waals surface area contributed by atoms with Gasteiger partial charge in [0.15, 0.2) is 10.8 Å². The maximum Gasteiger partial charge on any atom is 0.337 e. The number of rotatable bonds is 5. The number of aromatic nitrogens is 2. The van der Waals surface area contributed by atoms with Crippen LogP contribution in [0.2, 0.25) is 0 Å². The van der Waals surface area contributed by atoms with Crippen LogP contribution in [0.25, 0.3) is 0 Å². The second kappa shape index (κ2) is 6.24. The summed E-state index contributed by atoms with van der Waals surface area (Å²) in [7, 11) is 1.33. The number of nitrogens with zero attached hydrogens (tertiary/aromatic N) is 4. The van der Waals surface area contributed by atoms with Gasteiger partial charge in [0.2, 0.25) is 0 Å². The molecule has 1 saturated heterocycles. The van der Waals surface area contributed by atoms with Gasteiger partial charge in [-0.2, -0.15) is 5.01 Å². The quantitative estimate of drug-likeness (QED) is 0.682. The van der Waals surface area contributed by atoms with E-state index >= 15 is 0 Å². The molecule has 1 spiro atoms. The second-order valence-electron chi connectivity index (χ2n) is 6.70. The zero-order valence-corrected chi connectivity index (χ0v) is 15.7. The van der Waals surface area contributed by atoms with Crippen LogP contribution in [0.15, 0.2) is 44.6 Å². The van der Waals surface area contributed by atoms with Gasteiger partial charge in [-0.3, -0.25) is 15.2 Å². The van der Waals surface area contributed by atoms with E-state index in [4.69, 9.17) is 9.26 Å². The summed E-state index contributed by atoms with van der Waals surface area (Å²) in [5.41, 5.74) is 3.21. The predicted octanol–water partition coefficient (Wildman–Crippen LogP) is 0.181. The molecule has 4 heterocycles. The van der Waals surface area contributed by atoms with Crippen molar-refractivity contribution >= 4 is 29.0 Å². The van der Waals surface area contributed by atoms with Crippen molar-refractivity contribution < 1.29 is 18.8 Å². The third-order valence-electron chi connectivity index (χ3n) is 5.26. The van der Waals surface area contributed by atoms with Crippen LogP contribution in [0.1, 0.15) is 23.1 Å². The highest BCUT2D eigenvalue weighted by atomic mass is 32.1. The summed E-state index contributed by atoms with van der Waals surface area (Å²) >= 11 is 1.45. The van der Waals surface area contributed by atoms with Crippen molar-refractivity contribution in [2.24, 2.45) is 4.99 Å². The zero-order valence-electron chi connectivity index (χ0n) is 14.8. The topological polar surface area (TPSA) is 122 Å². The molecule has 2 aromatic rings. The Hall–Kier alpha value is -3.05. The van der Waals surface area contributed by atoms with Gasteiger partial charge < -0.3 is 14.6 Å². The summed E-state index contributed by atoms with van der Waals surface area (Å²) in [5.74, 6) is 0.720. The molecule has 0 bridgehead atoms. The summed E-state index contributed by atoms with van der Waals surface area (Å²) in [5, 5.41) is 11.3. The van der Waals surface area contributed by atoms with Crippen molar-refractivity contribution in [1.82, 2.24) is 25.9 Å². The Morgan fingerprint density at radius 3 is 3.07 bits per heavy atom. The molecule has 144 valence electrons. The van der Waals surface area contributed by atoms with E-state index in [0.29, 0.717) is 35.8 Å². The number of nitrogens with one attached hydrogen (secondary N) is 2. The lowest BCUT2D eigenvalue weighted by atomic mass is 10.1. The molecule has 5 rings (SSSR count). The van der Waals surface area contributed by atoms with Gasteiger partial charge in [-0.05, 0) is 6.42 Å². The highest BCUT2D eigenvalue weighted by molar-refractivity contribution is 7.11. The number of thiazole rings is 1. The Bertz CT molecular complexity index is 999. The van der Waals surface area contributed by atoms with E-state index < -0.39 is 11.5 Å². The third-order valence-corrected chi connectivity index (χ3v) is 6.04. The Morgan fingerprint density at radius 1 is 1.50 bits per heavy atom. The minimum absolute atomic E-state index is 0.0541. The molecule has 10 nitrogen and oxygen atoms in total. The van der Waals surface area contributed by atoms with Gasteiger partial charge in [0.1, 0.15) is 11.3 Å². The van der Waals surface area contributed by atoms with Crippen LogP contribution in [0.4, 0.5) is 0 Å². The standard InChI is InChI=1S/C17H16N6O4S/c1-26-15(24)9-7-19-13(14-18-4-5-28-14)21-11(9)8-23-17(16(25)22-23)6-10(17)12-2-3-20-27-12/h2-5,10H,6-8H2,1H3,(H,19,21)(H,22,25). The number of hydrazine groups is 1. The van der Waals surface area contributed by atoms with Crippen LogP contribution in [0.5, 0.6) is 0 Å². The molecule has 1 amide bonds. The number of carbonyl (C=O) groups is 2. The summed E-state index contributed by atoms with van der Waals surface area (Å²) in [6, 6.07) is 1.77. The van der Waals surface area contributed by atoms with Crippen LogP contribution in [-0.2, 0) is 14.3 Å². The number of amidine groups is 1. The Morgan fingerprint density at radius 2 is 2.39 bits per heavy atom. The van der Waals surface area contributed by atoms with E-state index in [9.17, 15) is 9.59 Å². The first-order valence-corrected chi connectivity index (χ1v) is 9.52. The van der Waals surface area contributed by atoms with Crippen molar-refractivity contribution in [3.05, 3.63) is 45.9 Å². The average molecular weight is 400 g/mol. The van der Waals surface area contributed by atoms with E-state index in [1.807, 2.05) is 10.4 Å². The molecular weight excluding hydrogens is 384 g/mol. The normalized spacial score (nSPS) is 26.4. The largest absolute Gasteiger partial charge is 0.466 e. The van der Waals surface area contributed by atoms with Crippen LogP contribution < -0.4 is 10.7 Å². The number of aliphatic imine (C=N–C) groups is 1. The molecule has 2 unspecified atom stereocenters. The smallest absolute Gasteiger partial charge is 0.337 e. The zero-order chi connectivity index (χ0) is 19.3. The Labute approximate surface area is 163 Å². The van der Waals surface area contributed by atoms with Crippen LogP contribution in [-0.4, -0.2) is 58.6 Å². The monoisotopic (exact) mass is 400 g/mol. The van der Waals surface area contributed by atoms with Gasteiger partial charge >= 0.3 is 5.97 Å². The molecular formula is C17H16N6O4S. The summed E-state index contributed by atoms with van der Waals surface area (Å²) in [4.78, 5) is 33.2. The second-order valence-corrected chi connectivity index (χ2v) is 7.59. The molecule has 28 heavy (non-hydrogen) atoms. The number of carbonyl (C=O) groups excluding carboxylic acids is 2. The van der Waals surface area contributed by atoms with E-state index in [1.54, 1.807) is 18.5 Å². The molecule has 3 aliphatic rings. The molecule has 1 saturated carbocycles. The average Bonchev–Trinajstić information content (AvgIpc) is 3.09. The molecule has 1 aliphatic carbocycles. The van der Waals surface area contributed by atoms with E-state index in [1.165, 1.54) is 18.4 Å². The van der Waals surface area contributed by atoms with E-state index in [-0.39, 0.29) is 18.4 Å². The highest BCUT2D eigenvalue weighted by Crippen LogP contribution is 2.58. The van der Waals surface area contributed by atoms with Crippen molar-refractivity contribution in [3.63, 3.8) is 0 Å². The number of amides is 1. The van der Waals surface area contributed by atoms with Gasteiger partial charge in [-0.25, -0.2) is 9.78 Å². The fraction of sp³-hybridized carbons (Fsp3) is 0.353. The van der Waals surface area contributed by atoms with Gasteiger partial charge in [0.25, 0.3) is 5.91 Å². The number of esters is 1. The maximum atomic E-state index is 12.3. The fourth-order valence-corrected chi connectivity index (χ4v) is 4.29. The van der Waals surface area contributed by atoms with Crippen molar-refractivity contribution in [1.29, 1.82) is 0 Å². The van der Waals surface area contributed by atoms with Crippen molar-refractivity contribution in [3.8, 4) is 0 Å². The van der Waals surface area contributed by atoms with Crippen LogP contribution in [0, 0.1) is 0 Å². The molecule has 2 aromatic heterocycles. The van der Waals surface area contributed by atoms with E-state index in [0.717, 1.165) is 5.01 Å². The predicted molar refractivity (Wildman–Crippen MR) is 97.1 cm³/mol. The molecule has 2 aliphatic heterocycles. The van der Waals surface area contributed by atoms with Crippen molar-refractivity contribution in [2.45, 2.75) is 17.9 Å². The summed E-state index contributed by atoms with van der Waals surface area (Å²) < 4.78 is 10.1. The molecule has 2 N–H and O–H groups in total. The highest BCUT2D eigenvalue weighted by Gasteiger charge is 2.72. The lowest BCUT2D eigenvalue weighted by Gasteiger charge is -2.42. The van der Waals surface area contributed by atoms with Gasteiger partial charge in [-0.15, -0.1) is 11.3 Å². The molecule has 0 radical (unpaired) electrons. The summed E-state index contributed by atoms with van der Waals surface area (Å²) in [6.45, 7) is 0.495. The molecule has 11 heteroatoms. The number of hydrogen-bond acceptors (Lipinski definition) is 10. The SMILES string of the molecule is COC(=O)C1=C(CN2NC(=O)C23CC3c2ccno2)NC(c2nccs2)=NC1. The number of methoxy groups -OCH3 is 1. The lowest BCUT2D eigenvalue weighted by Crippen LogP contribution is -2.70. The molecule has 0 aromatic carbocycles. The lowest BCUT2D eigenvalue weighted by molar-refractivity contribution is -0.152. The van der Waals surface area contributed by atoms with E-state index in [2.05, 4.69) is 25.9 Å². The Balaban J connectivity index is 1.39.